The topological polar surface area (TPSA) is 21.1 Å². The minimum absolute atomic E-state index is 0.0497. The Hall–Kier alpha value is -1.77. The fraction of sp³-hybridized carbons (Fsp3) is 0.571. The number of nitrogens with zero attached hydrogens (tertiary/aromatic N) is 3. The van der Waals surface area contributed by atoms with Gasteiger partial charge in [0.1, 0.15) is 0 Å². The zero-order chi connectivity index (χ0) is 17.7. The van der Waals surface area contributed by atoms with Gasteiger partial charge < -0.3 is 9.47 Å². The zero-order valence-corrected chi connectivity index (χ0v) is 16.2. The van der Waals surface area contributed by atoms with Crippen LogP contribution in [-0.2, 0) is 18.0 Å². The first kappa shape index (κ1) is 15.7. The van der Waals surface area contributed by atoms with Crippen molar-refractivity contribution in [1.82, 2.24) is 9.55 Å². The van der Waals surface area contributed by atoms with Crippen molar-refractivity contribution >= 4 is 5.69 Å². The summed E-state index contributed by atoms with van der Waals surface area (Å²) in [6.07, 6.45) is 1.99. The van der Waals surface area contributed by atoms with Gasteiger partial charge in [-0.2, -0.15) is 0 Å². The summed E-state index contributed by atoms with van der Waals surface area (Å²) in [5.74, 6) is 0. The van der Waals surface area contributed by atoms with Crippen LogP contribution in [0.3, 0.4) is 0 Å². The molecule has 0 aliphatic carbocycles. The number of aromatic nitrogens is 2. The Labute approximate surface area is 145 Å². The minimum atomic E-state index is -0.0877. The van der Waals surface area contributed by atoms with E-state index in [1.807, 2.05) is 6.33 Å². The fourth-order valence-electron chi connectivity index (χ4n) is 5.41. The molecule has 2 unspecified atom stereocenters. The molecule has 3 heterocycles. The molecule has 24 heavy (non-hydrogen) atoms. The lowest BCUT2D eigenvalue weighted by Crippen LogP contribution is -2.62. The standard InChI is InChI=1S/C21H29N3/c1-13-10-9-11-15-17(13)24-14(2)16-18(23(8)12-22-16)21(24,7)20(5,6)19(15,3)4/h9-12,14H,1-8H3. The predicted molar refractivity (Wildman–Crippen MR) is 99.4 cm³/mol. The van der Waals surface area contributed by atoms with Gasteiger partial charge in [0, 0.05) is 18.2 Å². The largest absolute Gasteiger partial charge is 0.351 e. The van der Waals surface area contributed by atoms with Crippen molar-refractivity contribution in [3.8, 4) is 0 Å². The van der Waals surface area contributed by atoms with Gasteiger partial charge in [-0.1, -0.05) is 45.9 Å². The van der Waals surface area contributed by atoms with Crippen molar-refractivity contribution < 1.29 is 0 Å². The summed E-state index contributed by atoms with van der Waals surface area (Å²) in [7, 11) is 2.14. The molecule has 1 aromatic heterocycles. The van der Waals surface area contributed by atoms with Gasteiger partial charge in [-0.15, -0.1) is 0 Å². The van der Waals surface area contributed by atoms with Gasteiger partial charge >= 0.3 is 0 Å². The normalized spacial score (nSPS) is 29.2. The average Bonchev–Trinajstić information content (AvgIpc) is 2.98. The Morgan fingerprint density at radius 2 is 1.75 bits per heavy atom. The molecule has 128 valence electrons. The van der Waals surface area contributed by atoms with E-state index in [2.05, 4.69) is 83.2 Å². The Balaban J connectivity index is 2.16. The third kappa shape index (κ3) is 1.40. The van der Waals surface area contributed by atoms with Crippen molar-refractivity contribution in [2.75, 3.05) is 4.90 Å². The number of aryl methyl sites for hydroxylation is 2. The highest BCUT2D eigenvalue weighted by Crippen LogP contribution is 2.67. The highest BCUT2D eigenvalue weighted by molar-refractivity contribution is 5.71. The summed E-state index contributed by atoms with van der Waals surface area (Å²) < 4.78 is 2.24. The minimum Gasteiger partial charge on any atom is -0.351 e. The van der Waals surface area contributed by atoms with E-state index >= 15 is 0 Å². The molecular weight excluding hydrogens is 294 g/mol. The van der Waals surface area contributed by atoms with Crippen LogP contribution in [0.15, 0.2) is 24.5 Å². The first-order valence-corrected chi connectivity index (χ1v) is 8.98. The summed E-state index contributed by atoms with van der Waals surface area (Å²) in [4.78, 5) is 7.44. The number of hydrogen-bond acceptors (Lipinski definition) is 2. The second kappa shape index (κ2) is 4.25. The van der Waals surface area contributed by atoms with Crippen LogP contribution in [0, 0.1) is 12.3 Å². The molecule has 0 spiro atoms. The number of rotatable bonds is 0. The summed E-state index contributed by atoms with van der Waals surface area (Å²) in [5.41, 5.74) is 6.87. The van der Waals surface area contributed by atoms with Crippen LogP contribution in [0.25, 0.3) is 0 Å². The number of para-hydroxylation sites is 1. The van der Waals surface area contributed by atoms with Gasteiger partial charge in [-0.25, -0.2) is 4.98 Å². The smallest absolute Gasteiger partial charge is 0.0950 e. The first-order valence-electron chi connectivity index (χ1n) is 8.98. The number of imidazole rings is 1. The van der Waals surface area contributed by atoms with Crippen molar-refractivity contribution in [3.05, 3.63) is 47.0 Å². The van der Waals surface area contributed by atoms with Crippen molar-refractivity contribution in [1.29, 1.82) is 0 Å². The third-order valence-electron chi connectivity index (χ3n) is 7.62. The van der Waals surface area contributed by atoms with Gasteiger partial charge in [0.15, 0.2) is 0 Å². The van der Waals surface area contributed by atoms with Crippen LogP contribution in [0.4, 0.5) is 5.69 Å². The molecule has 0 saturated carbocycles. The maximum Gasteiger partial charge on any atom is 0.0950 e. The maximum absolute atomic E-state index is 4.78. The van der Waals surface area contributed by atoms with Crippen LogP contribution in [0.5, 0.6) is 0 Å². The predicted octanol–water partition coefficient (Wildman–Crippen LogP) is 4.84. The van der Waals surface area contributed by atoms with Crippen LogP contribution in [-0.4, -0.2) is 9.55 Å². The van der Waals surface area contributed by atoms with Crippen LogP contribution in [0.1, 0.15) is 70.1 Å². The maximum atomic E-state index is 4.78. The van der Waals surface area contributed by atoms with E-state index in [9.17, 15) is 0 Å². The summed E-state index contributed by atoms with van der Waals surface area (Å²) in [6, 6.07) is 7.08. The lowest BCUT2D eigenvalue weighted by atomic mass is 9.52. The number of benzene rings is 1. The molecule has 2 aliphatic heterocycles. The molecule has 3 nitrogen and oxygen atoms in total. The molecule has 2 atom stereocenters. The Kier molecular flexibility index (Phi) is 2.79. The van der Waals surface area contributed by atoms with Crippen molar-refractivity contribution in [2.24, 2.45) is 12.5 Å². The molecule has 0 bridgehead atoms. The molecule has 2 aromatic rings. The molecule has 0 fully saturated rings. The fourth-order valence-corrected chi connectivity index (χ4v) is 5.41. The molecule has 3 heteroatoms. The van der Waals surface area contributed by atoms with Gasteiger partial charge in [0.05, 0.1) is 29.3 Å². The average molecular weight is 323 g/mol. The van der Waals surface area contributed by atoms with E-state index in [1.54, 1.807) is 0 Å². The molecule has 2 aliphatic rings. The molecule has 0 radical (unpaired) electrons. The Morgan fingerprint density at radius 3 is 2.42 bits per heavy atom. The number of anilines is 1. The highest BCUT2D eigenvalue weighted by atomic mass is 15.3. The summed E-state index contributed by atoms with van der Waals surface area (Å²) in [6.45, 7) is 16.7. The SMILES string of the molecule is Cc1cccc2c1N1C(C)c3ncn(C)c3C1(C)C(C)(C)C2(C)C. The molecule has 4 rings (SSSR count). The number of fused-ring (bicyclic) bond motifs is 5. The lowest BCUT2D eigenvalue weighted by Gasteiger charge is -2.62. The molecular formula is C21H29N3. The quantitative estimate of drug-likeness (QED) is 0.691. The first-order chi connectivity index (χ1) is 11.1. The van der Waals surface area contributed by atoms with E-state index in [0.717, 1.165) is 0 Å². The molecule has 0 saturated heterocycles. The number of hydrogen-bond donors (Lipinski definition) is 0. The van der Waals surface area contributed by atoms with Crippen LogP contribution < -0.4 is 4.90 Å². The lowest BCUT2D eigenvalue weighted by molar-refractivity contribution is 0.0605. The molecule has 1 aromatic carbocycles. The van der Waals surface area contributed by atoms with E-state index in [0.29, 0.717) is 6.04 Å². The second-order valence-corrected chi connectivity index (χ2v) is 8.93. The second-order valence-electron chi connectivity index (χ2n) is 8.93. The Morgan fingerprint density at radius 1 is 1.08 bits per heavy atom. The van der Waals surface area contributed by atoms with Crippen molar-refractivity contribution in [3.63, 3.8) is 0 Å². The van der Waals surface area contributed by atoms with Gasteiger partial charge in [-0.3, -0.25) is 0 Å². The molecule has 0 N–H and O–H groups in total. The van der Waals surface area contributed by atoms with Gasteiger partial charge in [0.25, 0.3) is 0 Å². The third-order valence-corrected chi connectivity index (χ3v) is 7.62. The van der Waals surface area contributed by atoms with Gasteiger partial charge in [-0.05, 0) is 37.3 Å². The summed E-state index contributed by atoms with van der Waals surface area (Å²) >= 11 is 0. The van der Waals surface area contributed by atoms with Crippen molar-refractivity contribution in [2.45, 2.75) is 65.5 Å². The summed E-state index contributed by atoms with van der Waals surface area (Å²) in [5, 5.41) is 0. The van der Waals surface area contributed by atoms with E-state index in [4.69, 9.17) is 4.98 Å². The van der Waals surface area contributed by atoms with E-state index in [-0.39, 0.29) is 16.4 Å². The zero-order valence-electron chi connectivity index (χ0n) is 16.2. The monoisotopic (exact) mass is 323 g/mol. The van der Waals surface area contributed by atoms with Crippen LogP contribution >= 0.6 is 0 Å². The van der Waals surface area contributed by atoms with E-state index < -0.39 is 0 Å². The highest BCUT2D eigenvalue weighted by Gasteiger charge is 2.65. The van der Waals surface area contributed by atoms with E-state index in [1.165, 1.54) is 28.2 Å². The Bertz CT molecular complexity index is 843. The molecule has 0 amide bonds. The van der Waals surface area contributed by atoms with Crippen LogP contribution in [0.2, 0.25) is 0 Å². The van der Waals surface area contributed by atoms with Gasteiger partial charge in [0.2, 0.25) is 0 Å².